The summed E-state index contributed by atoms with van der Waals surface area (Å²) in [4.78, 5) is 0. The molecule has 16 nitrogen and oxygen atoms in total. The maximum Gasteiger partial charge on any atom is 0.657 e. The number of hydrogen-bond acceptors (Lipinski definition) is 16. The van der Waals surface area contributed by atoms with Gasteiger partial charge >= 0.3 is 70.7 Å². The fourth-order valence-electron chi connectivity index (χ4n) is 8.30. The molecule has 1 atom stereocenters. The highest BCUT2D eigenvalue weighted by atomic mass is 28.6. The number of aliphatic hydroxyl groups excluding tert-OH is 2. The van der Waals surface area contributed by atoms with E-state index in [1.54, 1.807) is 0 Å². The maximum atomic E-state index is 9.87. The van der Waals surface area contributed by atoms with Gasteiger partial charge in [0.15, 0.2) is 0 Å². The monoisotopic (exact) mass is 964 g/mol. The number of rotatable bonds is 22. The summed E-state index contributed by atoms with van der Waals surface area (Å²) in [6.45, 7) is 29.6. The Bertz CT molecular complexity index is 1200. The minimum atomic E-state index is -4.52. The van der Waals surface area contributed by atoms with E-state index in [0.717, 1.165) is 0 Å². The predicted molar refractivity (Wildman–Crippen MR) is 231 cm³/mol. The van der Waals surface area contributed by atoms with Crippen LogP contribution in [-0.4, -0.2) is 113 Å². The third-order valence-electron chi connectivity index (χ3n) is 9.48. The average Bonchev–Trinajstić information content (AvgIpc) is 2.96. The fourth-order valence-corrected chi connectivity index (χ4v) is 58.0. The van der Waals surface area contributed by atoms with Crippen molar-refractivity contribution in [3.8, 4) is 0 Å². The summed E-state index contributed by atoms with van der Waals surface area (Å²) in [6, 6.07) is 2.81. The van der Waals surface area contributed by atoms with E-state index in [1.807, 2.05) is 0 Å². The number of hydrogen-bond donors (Lipinski definition) is 2. The van der Waals surface area contributed by atoms with Crippen molar-refractivity contribution < 1.29 is 68.8 Å². The second kappa shape index (κ2) is 19.3. The third-order valence-corrected chi connectivity index (χ3v) is 48.4. The lowest BCUT2D eigenvalue weighted by Gasteiger charge is -2.63. The predicted octanol–water partition coefficient (Wildman–Crippen LogP) is 6.63. The van der Waals surface area contributed by atoms with Crippen LogP contribution in [0.2, 0.25) is 42.3 Å². The van der Waals surface area contributed by atoms with Crippen LogP contribution in [0.15, 0.2) is 0 Å². The van der Waals surface area contributed by atoms with Crippen molar-refractivity contribution in [3.63, 3.8) is 0 Å². The zero-order valence-electron chi connectivity index (χ0n) is 37.7. The smallest absolute Gasteiger partial charge is 0.394 e. The summed E-state index contributed by atoms with van der Waals surface area (Å²) < 4.78 is 105. The molecule has 6 saturated heterocycles. The molecular weight excluding hydrogens is 889 g/mol. The Morgan fingerprint density at radius 1 is 0.379 bits per heavy atom. The second-order valence-corrected chi connectivity index (χ2v) is 43.3. The number of ether oxygens (including phenoxy) is 1. The summed E-state index contributed by atoms with van der Waals surface area (Å²) >= 11 is 0. The standard InChI is InChI=1S/C34H76O16Si8/c1-27(2)20-51-39-52(21-28(3)4)42-55(24-31(9)10)44-53(40-51,22-29(5)6)46-57(26-33(13)14)47-54(41-51,23-30(7)8)45-56(43-52,25-32(11)12)49-58(48-55,50-57)38-17-15-16-37-19-34(36)18-35/h27-36H,15-26H2,1-14H3/t34-,51?,52?,53?,54?,55?,56?,57?,58?/m0/s1. The van der Waals surface area contributed by atoms with Crippen LogP contribution in [-0.2, 0) is 58.5 Å². The summed E-state index contributed by atoms with van der Waals surface area (Å²) in [5.74, 6) is 0.394. The molecule has 0 radical (unpaired) electrons. The zero-order valence-corrected chi connectivity index (χ0v) is 45.7. The molecular formula is C34H76O16Si8. The first-order valence-electron chi connectivity index (χ1n) is 21.8. The minimum Gasteiger partial charge on any atom is -0.394 e. The van der Waals surface area contributed by atoms with Gasteiger partial charge in [-0.1, -0.05) is 96.9 Å². The second-order valence-electron chi connectivity index (χ2n) is 19.8. The van der Waals surface area contributed by atoms with Gasteiger partial charge in [-0.05, 0) is 47.8 Å². The Labute approximate surface area is 357 Å². The SMILES string of the molecule is CC(C)C[Si]12O[Si]3(CC(C)C)O[Si]4(CC(C)C)O[Si](CC(C)C)(O1)O[Si]1(CC(C)C)O[Si](CC(C)C)(O2)O[Si](CC(C)C)(O3)O[Si](OCCCOC[C@@H](O)CO)(O4)O1. The third kappa shape index (κ3) is 12.5. The molecule has 0 spiro atoms. The van der Waals surface area contributed by atoms with Crippen molar-refractivity contribution in [1.82, 2.24) is 0 Å². The van der Waals surface area contributed by atoms with Crippen molar-refractivity contribution in [2.75, 3.05) is 26.4 Å². The lowest BCUT2D eigenvalue weighted by molar-refractivity contribution is -0.0636. The van der Waals surface area contributed by atoms with Crippen molar-refractivity contribution >= 4 is 70.7 Å². The highest BCUT2D eigenvalue weighted by Gasteiger charge is 2.84. The molecule has 58 heavy (non-hydrogen) atoms. The number of aliphatic hydroxyl groups is 2. The van der Waals surface area contributed by atoms with Crippen molar-refractivity contribution in [2.45, 2.75) is 152 Å². The first-order chi connectivity index (χ1) is 26.9. The molecule has 340 valence electrons. The molecule has 0 aliphatic carbocycles. The van der Waals surface area contributed by atoms with Gasteiger partial charge in [-0.25, -0.2) is 0 Å². The molecule has 0 aromatic heterocycles. The molecule has 6 fully saturated rings. The van der Waals surface area contributed by atoms with E-state index in [2.05, 4.69) is 96.9 Å². The van der Waals surface area contributed by atoms with Crippen LogP contribution in [0.4, 0.5) is 0 Å². The largest absolute Gasteiger partial charge is 0.657 e. The lowest BCUT2D eigenvalue weighted by Crippen LogP contribution is -2.89. The zero-order chi connectivity index (χ0) is 43.0. The quantitative estimate of drug-likeness (QED) is 0.0875. The molecule has 0 aromatic carbocycles. The summed E-state index contributed by atoms with van der Waals surface area (Å²) in [7, 11) is -32.7. The van der Waals surface area contributed by atoms with Crippen molar-refractivity contribution in [3.05, 3.63) is 0 Å². The molecule has 0 unspecified atom stereocenters. The van der Waals surface area contributed by atoms with Gasteiger partial charge in [0.2, 0.25) is 0 Å². The van der Waals surface area contributed by atoms with E-state index in [-0.39, 0.29) is 61.2 Å². The Kier molecular flexibility index (Phi) is 16.7. The van der Waals surface area contributed by atoms with Gasteiger partial charge in [-0.15, -0.1) is 0 Å². The van der Waals surface area contributed by atoms with Crippen molar-refractivity contribution in [2.24, 2.45) is 41.4 Å². The van der Waals surface area contributed by atoms with Gasteiger partial charge in [0.05, 0.1) is 13.2 Å². The van der Waals surface area contributed by atoms with Crippen LogP contribution < -0.4 is 0 Å². The van der Waals surface area contributed by atoms with Gasteiger partial charge in [-0.2, -0.15) is 0 Å². The van der Waals surface area contributed by atoms with Crippen molar-refractivity contribution in [1.29, 1.82) is 0 Å². The molecule has 0 saturated carbocycles. The average molecular weight is 966 g/mol. The Balaban J connectivity index is 1.85. The van der Waals surface area contributed by atoms with E-state index < -0.39 is 83.4 Å². The van der Waals surface area contributed by atoms with E-state index >= 15 is 0 Å². The Hall–Kier alpha value is 1.10. The molecule has 8 bridgehead atoms. The molecule has 6 aliphatic heterocycles. The Morgan fingerprint density at radius 2 is 0.621 bits per heavy atom. The Morgan fingerprint density at radius 3 is 0.845 bits per heavy atom. The minimum absolute atomic E-state index is 0.0118. The van der Waals surface area contributed by atoms with Crippen LogP contribution >= 0.6 is 0 Å². The molecule has 6 rings (SSSR count). The highest BCUT2D eigenvalue weighted by Crippen LogP contribution is 2.55. The van der Waals surface area contributed by atoms with Crippen LogP contribution in [0.5, 0.6) is 0 Å². The normalized spacial score (nSPS) is 39.4. The maximum absolute atomic E-state index is 9.87. The van der Waals surface area contributed by atoms with E-state index in [9.17, 15) is 10.2 Å². The van der Waals surface area contributed by atoms with Gasteiger partial charge < -0.3 is 68.8 Å². The van der Waals surface area contributed by atoms with E-state index in [0.29, 0.717) is 48.7 Å². The lowest BCUT2D eigenvalue weighted by atomic mass is 10.3. The van der Waals surface area contributed by atoms with Crippen LogP contribution in [0.25, 0.3) is 0 Å². The van der Waals surface area contributed by atoms with E-state index in [4.69, 9.17) is 58.5 Å². The van der Waals surface area contributed by atoms with Crippen LogP contribution in [0.3, 0.4) is 0 Å². The van der Waals surface area contributed by atoms with Gasteiger partial charge in [0.1, 0.15) is 6.10 Å². The summed E-state index contributed by atoms with van der Waals surface area (Å²) in [5.41, 5.74) is 0. The highest BCUT2D eigenvalue weighted by molar-refractivity contribution is 7.02. The van der Waals surface area contributed by atoms with Gasteiger partial charge in [-0.3, -0.25) is 0 Å². The molecule has 0 aromatic rings. The molecule has 2 N–H and O–H groups in total. The summed E-state index contributed by atoms with van der Waals surface area (Å²) in [6.07, 6.45) is -0.580. The van der Waals surface area contributed by atoms with Gasteiger partial charge in [0, 0.05) is 55.5 Å². The molecule has 24 heteroatoms. The molecule has 0 amide bonds. The van der Waals surface area contributed by atoms with Crippen LogP contribution in [0, 0.1) is 41.4 Å². The molecule has 6 aliphatic rings. The first kappa shape index (κ1) is 50.1. The topological polar surface area (TPSA) is 170 Å². The van der Waals surface area contributed by atoms with Gasteiger partial charge in [0.25, 0.3) is 0 Å². The first-order valence-corrected chi connectivity index (χ1v) is 36.9. The molecule has 6 heterocycles. The van der Waals surface area contributed by atoms with Crippen LogP contribution in [0.1, 0.15) is 103 Å². The summed E-state index contributed by atoms with van der Waals surface area (Å²) in [5, 5.41) is 19.2. The fraction of sp³-hybridized carbons (Fsp3) is 1.00. The van der Waals surface area contributed by atoms with E-state index in [1.165, 1.54) is 0 Å².